The van der Waals surface area contributed by atoms with Crippen LogP contribution in [0.3, 0.4) is 0 Å². The molecule has 0 atom stereocenters. The first-order valence-corrected chi connectivity index (χ1v) is 7.38. The molecule has 1 saturated heterocycles. The van der Waals surface area contributed by atoms with E-state index in [0.717, 1.165) is 18.7 Å². The van der Waals surface area contributed by atoms with E-state index in [4.69, 9.17) is 0 Å². The minimum atomic E-state index is -0.292. The third kappa shape index (κ3) is 3.13. The van der Waals surface area contributed by atoms with E-state index in [1.54, 1.807) is 24.4 Å². The lowest BCUT2D eigenvalue weighted by Gasteiger charge is -2.18. The predicted molar refractivity (Wildman–Crippen MR) is 86.3 cm³/mol. The summed E-state index contributed by atoms with van der Waals surface area (Å²) in [5.74, 6) is -0.292. The van der Waals surface area contributed by atoms with Crippen LogP contribution >= 0.6 is 0 Å². The minimum absolute atomic E-state index is 0.292. The standard InChI is InChI=1S/C18H19FN2/c1-14-12-16(21-10-4-5-11-21)9-8-15(14)13-20-18-7-3-2-6-17(18)19/h2-3,6-9,12-13H,4-5,10-11H2,1H3. The normalized spacial score (nSPS) is 15.0. The number of para-hydroxylation sites is 1. The molecule has 21 heavy (non-hydrogen) atoms. The second-order valence-electron chi connectivity index (χ2n) is 5.44. The zero-order valence-electron chi connectivity index (χ0n) is 12.2. The lowest BCUT2D eigenvalue weighted by Crippen LogP contribution is -2.17. The average Bonchev–Trinajstić information content (AvgIpc) is 3.02. The number of hydrogen-bond donors (Lipinski definition) is 0. The largest absolute Gasteiger partial charge is 0.372 e. The van der Waals surface area contributed by atoms with Crippen LogP contribution in [0.1, 0.15) is 24.0 Å². The molecule has 2 aromatic carbocycles. The molecule has 0 aromatic heterocycles. The Bertz CT molecular complexity index is 658. The van der Waals surface area contributed by atoms with Crippen molar-refractivity contribution in [3.63, 3.8) is 0 Å². The number of halogens is 1. The van der Waals surface area contributed by atoms with E-state index in [0.29, 0.717) is 5.69 Å². The van der Waals surface area contributed by atoms with Gasteiger partial charge in [-0.3, -0.25) is 4.99 Å². The Morgan fingerprint density at radius 3 is 2.57 bits per heavy atom. The molecule has 0 radical (unpaired) electrons. The molecule has 1 aliphatic heterocycles. The zero-order chi connectivity index (χ0) is 14.7. The molecule has 0 amide bonds. The summed E-state index contributed by atoms with van der Waals surface area (Å²) in [6, 6.07) is 12.9. The van der Waals surface area contributed by atoms with Crippen LogP contribution in [0.5, 0.6) is 0 Å². The Labute approximate surface area is 124 Å². The van der Waals surface area contributed by atoms with Crippen molar-refractivity contribution in [1.29, 1.82) is 0 Å². The molecule has 0 aliphatic carbocycles. The first-order chi connectivity index (χ1) is 10.2. The Morgan fingerprint density at radius 2 is 1.86 bits per heavy atom. The first kappa shape index (κ1) is 13.8. The summed E-state index contributed by atoms with van der Waals surface area (Å²) < 4.78 is 13.5. The van der Waals surface area contributed by atoms with Crippen molar-refractivity contribution in [1.82, 2.24) is 0 Å². The third-order valence-electron chi connectivity index (χ3n) is 3.92. The number of rotatable bonds is 3. The summed E-state index contributed by atoms with van der Waals surface area (Å²) in [7, 11) is 0. The van der Waals surface area contributed by atoms with Gasteiger partial charge in [0.25, 0.3) is 0 Å². The van der Waals surface area contributed by atoms with Gasteiger partial charge in [0.2, 0.25) is 0 Å². The molecule has 0 N–H and O–H groups in total. The average molecular weight is 282 g/mol. The van der Waals surface area contributed by atoms with Crippen LogP contribution in [-0.2, 0) is 0 Å². The molecule has 2 aromatic rings. The van der Waals surface area contributed by atoms with E-state index in [9.17, 15) is 4.39 Å². The monoisotopic (exact) mass is 282 g/mol. The second-order valence-corrected chi connectivity index (χ2v) is 5.44. The first-order valence-electron chi connectivity index (χ1n) is 7.38. The Kier molecular flexibility index (Phi) is 4.00. The van der Waals surface area contributed by atoms with Gasteiger partial charge < -0.3 is 4.90 Å². The molecule has 3 rings (SSSR count). The van der Waals surface area contributed by atoms with E-state index >= 15 is 0 Å². The molecule has 0 bridgehead atoms. The highest BCUT2D eigenvalue weighted by Gasteiger charge is 2.12. The maximum atomic E-state index is 13.5. The van der Waals surface area contributed by atoms with Gasteiger partial charge in [0.05, 0.1) is 5.69 Å². The second kappa shape index (κ2) is 6.08. The van der Waals surface area contributed by atoms with Gasteiger partial charge in [-0.05, 0) is 55.2 Å². The van der Waals surface area contributed by atoms with E-state index in [-0.39, 0.29) is 5.82 Å². The van der Waals surface area contributed by atoms with Crippen LogP contribution in [0.4, 0.5) is 15.8 Å². The summed E-state index contributed by atoms with van der Waals surface area (Å²) in [6.07, 6.45) is 4.28. The maximum absolute atomic E-state index is 13.5. The van der Waals surface area contributed by atoms with Crippen LogP contribution < -0.4 is 4.90 Å². The molecule has 0 spiro atoms. The highest BCUT2D eigenvalue weighted by molar-refractivity contribution is 5.84. The smallest absolute Gasteiger partial charge is 0.148 e. The fourth-order valence-electron chi connectivity index (χ4n) is 2.67. The topological polar surface area (TPSA) is 15.6 Å². The van der Waals surface area contributed by atoms with Crippen molar-refractivity contribution in [2.75, 3.05) is 18.0 Å². The number of benzene rings is 2. The Hall–Kier alpha value is -2.16. The summed E-state index contributed by atoms with van der Waals surface area (Å²) >= 11 is 0. The number of hydrogen-bond acceptors (Lipinski definition) is 2. The Morgan fingerprint density at radius 1 is 1.10 bits per heavy atom. The third-order valence-corrected chi connectivity index (χ3v) is 3.92. The molecule has 108 valence electrons. The molecule has 1 aliphatic rings. The fraction of sp³-hybridized carbons (Fsp3) is 0.278. The van der Waals surface area contributed by atoms with Gasteiger partial charge in [-0.25, -0.2) is 4.39 Å². The highest BCUT2D eigenvalue weighted by atomic mass is 19.1. The molecule has 1 fully saturated rings. The summed E-state index contributed by atoms with van der Waals surface area (Å²) in [5, 5.41) is 0. The van der Waals surface area contributed by atoms with Crippen LogP contribution in [0.15, 0.2) is 47.5 Å². The van der Waals surface area contributed by atoms with Crippen molar-refractivity contribution < 1.29 is 4.39 Å². The SMILES string of the molecule is Cc1cc(N2CCCC2)ccc1C=Nc1ccccc1F. The van der Waals surface area contributed by atoms with Gasteiger partial charge in [-0.15, -0.1) is 0 Å². The Balaban J connectivity index is 1.81. The zero-order valence-corrected chi connectivity index (χ0v) is 12.2. The van der Waals surface area contributed by atoms with Crippen molar-refractivity contribution >= 4 is 17.6 Å². The lowest BCUT2D eigenvalue weighted by atomic mass is 10.1. The van der Waals surface area contributed by atoms with Crippen LogP contribution in [0, 0.1) is 12.7 Å². The van der Waals surface area contributed by atoms with Crippen molar-refractivity contribution in [3.8, 4) is 0 Å². The quantitative estimate of drug-likeness (QED) is 0.758. The fourth-order valence-corrected chi connectivity index (χ4v) is 2.67. The molecular formula is C18H19FN2. The maximum Gasteiger partial charge on any atom is 0.148 e. The van der Waals surface area contributed by atoms with Gasteiger partial charge in [0.1, 0.15) is 5.82 Å². The number of anilines is 1. The van der Waals surface area contributed by atoms with Crippen molar-refractivity contribution in [3.05, 3.63) is 59.4 Å². The van der Waals surface area contributed by atoms with Gasteiger partial charge in [-0.2, -0.15) is 0 Å². The number of aryl methyl sites for hydroxylation is 1. The molecule has 2 nitrogen and oxygen atoms in total. The van der Waals surface area contributed by atoms with Gasteiger partial charge in [0, 0.05) is 25.0 Å². The molecular weight excluding hydrogens is 263 g/mol. The van der Waals surface area contributed by atoms with Gasteiger partial charge >= 0.3 is 0 Å². The highest BCUT2D eigenvalue weighted by Crippen LogP contribution is 2.23. The van der Waals surface area contributed by atoms with Crippen LogP contribution in [-0.4, -0.2) is 19.3 Å². The van der Waals surface area contributed by atoms with Crippen LogP contribution in [0.25, 0.3) is 0 Å². The van der Waals surface area contributed by atoms with E-state index < -0.39 is 0 Å². The van der Waals surface area contributed by atoms with Gasteiger partial charge in [0.15, 0.2) is 0 Å². The van der Waals surface area contributed by atoms with Gasteiger partial charge in [-0.1, -0.05) is 18.2 Å². The molecule has 3 heteroatoms. The van der Waals surface area contributed by atoms with E-state index in [2.05, 4.69) is 35.0 Å². The lowest BCUT2D eigenvalue weighted by molar-refractivity contribution is 0.630. The van der Waals surface area contributed by atoms with E-state index in [1.807, 2.05) is 0 Å². The summed E-state index contributed by atoms with van der Waals surface area (Å²) in [5.41, 5.74) is 3.84. The molecule has 0 saturated carbocycles. The van der Waals surface area contributed by atoms with E-state index in [1.165, 1.54) is 30.2 Å². The van der Waals surface area contributed by atoms with Crippen molar-refractivity contribution in [2.24, 2.45) is 4.99 Å². The number of aliphatic imine (C=N–C) groups is 1. The van der Waals surface area contributed by atoms with Crippen LogP contribution in [0.2, 0.25) is 0 Å². The predicted octanol–water partition coefficient (Wildman–Crippen LogP) is 4.48. The molecule has 0 unspecified atom stereocenters. The molecule has 1 heterocycles. The summed E-state index contributed by atoms with van der Waals surface area (Å²) in [4.78, 5) is 6.66. The van der Waals surface area contributed by atoms with Crippen molar-refractivity contribution in [2.45, 2.75) is 19.8 Å². The summed E-state index contributed by atoms with van der Waals surface area (Å²) in [6.45, 7) is 4.35. The minimum Gasteiger partial charge on any atom is -0.372 e. The number of nitrogens with zero attached hydrogens (tertiary/aromatic N) is 2.